The molecule has 0 aliphatic rings. The largest absolute Gasteiger partial charge is 0.497 e. The molecule has 3 aromatic rings. The number of ether oxygens (including phenoxy) is 1. The first-order chi connectivity index (χ1) is 10.8. The van der Waals surface area contributed by atoms with Gasteiger partial charge in [0.1, 0.15) is 5.75 Å². The molecule has 0 amide bonds. The summed E-state index contributed by atoms with van der Waals surface area (Å²) < 4.78 is 7.55. The molecular formula is C18H18N2OS. The Bertz CT molecular complexity index is 780. The van der Waals surface area contributed by atoms with Gasteiger partial charge in [0.15, 0.2) is 5.16 Å². The molecule has 1 aromatic heterocycles. The van der Waals surface area contributed by atoms with Crippen LogP contribution in [0.25, 0.3) is 11.0 Å². The molecule has 0 spiro atoms. The van der Waals surface area contributed by atoms with Crippen molar-refractivity contribution in [1.29, 1.82) is 0 Å². The fourth-order valence-electron chi connectivity index (χ4n) is 2.38. The second kappa shape index (κ2) is 6.71. The highest BCUT2D eigenvalue weighted by atomic mass is 32.2. The molecule has 0 radical (unpaired) electrons. The third-order valence-corrected chi connectivity index (χ3v) is 4.41. The number of methoxy groups -OCH3 is 1. The molecule has 0 atom stereocenters. The highest BCUT2D eigenvalue weighted by Crippen LogP contribution is 2.27. The van der Waals surface area contributed by atoms with Crippen molar-refractivity contribution in [3.8, 4) is 5.75 Å². The van der Waals surface area contributed by atoms with Crippen LogP contribution in [0.2, 0.25) is 0 Å². The Morgan fingerprint density at radius 3 is 2.77 bits per heavy atom. The lowest BCUT2D eigenvalue weighted by molar-refractivity contribution is 0.415. The predicted octanol–water partition coefficient (Wildman–Crippen LogP) is 4.37. The first-order valence-electron chi connectivity index (χ1n) is 7.13. The molecule has 1 heterocycles. The summed E-state index contributed by atoms with van der Waals surface area (Å²) in [5.41, 5.74) is 3.34. The third-order valence-electron chi connectivity index (χ3n) is 3.43. The summed E-state index contributed by atoms with van der Waals surface area (Å²) in [6, 6.07) is 16.5. The van der Waals surface area contributed by atoms with Crippen LogP contribution in [0.1, 0.15) is 5.56 Å². The second-order valence-electron chi connectivity index (χ2n) is 4.92. The van der Waals surface area contributed by atoms with Crippen LogP contribution in [0, 0.1) is 0 Å². The SMILES string of the molecule is C=CCSc1nc2cc(OC)ccc2n1Cc1ccccc1. The number of hydrogen-bond acceptors (Lipinski definition) is 3. The summed E-state index contributed by atoms with van der Waals surface area (Å²) in [5.74, 6) is 1.67. The lowest BCUT2D eigenvalue weighted by atomic mass is 10.2. The van der Waals surface area contributed by atoms with Crippen LogP contribution in [0.15, 0.2) is 66.3 Å². The van der Waals surface area contributed by atoms with Crippen molar-refractivity contribution in [1.82, 2.24) is 9.55 Å². The molecule has 112 valence electrons. The minimum absolute atomic E-state index is 0.809. The van der Waals surface area contributed by atoms with Crippen molar-refractivity contribution in [2.75, 3.05) is 12.9 Å². The molecule has 22 heavy (non-hydrogen) atoms. The van der Waals surface area contributed by atoms with Crippen LogP contribution in [-0.2, 0) is 6.54 Å². The summed E-state index contributed by atoms with van der Waals surface area (Å²) in [4.78, 5) is 4.75. The predicted molar refractivity (Wildman–Crippen MR) is 92.8 cm³/mol. The van der Waals surface area contributed by atoms with E-state index < -0.39 is 0 Å². The average Bonchev–Trinajstić information content (AvgIpc) is 2.90. The Morgan fingerprint density at radius 1 is 1.23 bits per heavy atom. The zero-order valence-electron chi connectivity index (χ0n) is 12.5. The molecule has 0 unspecified atom stereocenters. The third kappa shape index (κ3) is 3.02. The molecule has 3 rings (SSSR count). The Balaban J connectivity index is 2.05. The number of thioether (sulfide) groups is 1. The zero-order valence-corrected chi connectivity index (χ0v) is 13.3. The van der Waals surface area contributed by atoms with Gasteiger partial charge in [0.05, 0.1) is 24.7 Å². The van der Waals surface area contributed by atoms with E-state index in [2.05, 4.69) is 41.5 Å². The van der Waals surface area contributed by atoms with Gasteiger partial charge in [-0.05, 0) is 17.7 Å². The first-order valence-corrected chi connectivity index (χ1v) is 8.12. The minimum Gasteiger partial charge on any atom is -0.497 e. The summed E-state index contributed by atoms with van der Waals surface area (Å²) in [6.45, 7) is 4.60. The van der Waals surface area contributed by atoms with Gasteiger partial charge in [0.25, 0.3) is 0 Å². The lowest BCUT2D eigenvalue weighted by Gasteiger charge is -2.08. The number of rotatable bonds is 6. The summed E-state index contributed by atoms with van der Waals surface area (Å²) in [6.07, 6.45) is 1.90. The maximum absolute atomic E-state index is 5.30. The Kier molecular flexibility index (Phi) is 4.49. The van der Waals surface area contributed by atoms with Gasteiger partial charge >= 0.3 is 0 Å². The number of hydrogen-bond donors (Lipinski definition) is 0. The van der Waals surface area contributed by atoms with Gasteiger partial charge in [0, 0.05) is 11.8 Å². The zero-order chi connectivity index (χ0) is 15.4. The molecule has 0 saturated heterocycles. The summed E-state index contributed by atoms with van der Waals surface area (Å²) in [7, 11) is 1.68. The van der Waals surface area contributed by atoms with Gasteiger partial charge in [-0.2, -0.15) is 0 Å². The van der Waals surface area contributed by atoms with Crippen molar-refractivity contribution >= 4 is 22.8 Å². The van der Waals surface area contributed by atoms with Crippen molar-refractivity contribution in [2.24, 2.45) is 0 Å². The fraction of sp³-hybridized carbons (Fsp3) is 0.167. The van der Waals surface area contributed by atoms with E-state index in [0.29, 0.717) is 0 Å². The van der Waals surface area contributed by atoms with Gasteiger partial charge in [-0.3, -0.25) is 0 Å². The van der Waals surface area contributed by atoms with Gasteiger partial charge in [-0.1, -0.05) is 48.2 Å². The van der Waals surface area contributed by atoms with Gasteiger partial charge in [-0.15, -0.1) is 6.58 Å². The van der Waals surface area contributed by atoms with Crippen molar-refractivity contribution in [3.63, 3.8) is 0 Å². The monoisotopic (exact) mass is 310 g/mol. The Labute approximate surface area is 134 Å². The van der Waals surface area contributed by atoms with Gasteiger partial charge in [0.2, 0.25) is 0 Å². The summed E-state index contributed by atoms with van der Waals surface area (Å²) in [5, 5.41) is 1.01. The van der Waals surface area contributed by atoms with Crippen LogP contribution < -0.4 is 4.74 Å². The first kappa shape index (κ1) is 14.7. The van der Waals surface area contributed by atoms with Crippen LogP contribution in [0.4, 0.5) is 0 Å². The van der Waals surface area contributed by atoms with E-state index in [1.165, 1.54) is 5.56 Å². The summed E-state index contributed by atoms with van der Waals surface area (Å²) >= 11 is 1.70. The molecular weight excluding hydrogens is 292 g/mol. The van der Waals surface area contributed by atoms with E-state index >= 15 is 0 Å². The standard InChI is InChI=1S/C18H18N2OS/c1-3-11-22-18-19-16-12-15(21-2)9-10-17(16)20(18)13-14-7-5-4-6-8-14/h3-10,12H,1,11,13H2,2H3. The average molecular weight is 310 g/mol. The highest BCUT2D eigenvalue weighted by molar-refractivity contribution is 7.99. The fourth-order valence-corrected chi connectivity index (χ4v) is 3.13. The number of aromatic nitrogens is 2. The minimum atomic E-state index is 0.809. The Hall–Kier alpha value is -2.20. The van der Waals surface area contributed by atoms with Crippen LogP contribution in [0.5, 0.6) is 5.75 Å². The molecule has 4 heteroatoms. The van der Waals surface area contributed by atoms with Gasteiger partial charge in [-0.25, -0.2) is 4.98 Å². The van der Waals surface area contributed by atoms with Crippen LogP contribution in [0.3, 0.4) is 0 Å². The molecule has 0 aliphatic heterocycles. The molecule has 0 aliphatic carbocycles. The molecule has 2 aromatic carbocycles. The smallest absolute Gasteiger partial charge is 0.169 e. The van der Waals surface area contributed by atoms with E-state index in [1.54, 1.807) is 18.9 Å². The van der Waals surface area contributed by atoms with Crippen LogP contribution >= 0.6 is 11.8 Å². The van der Waals surface area contributed by atoms with E-state index in [-0.39, 0.29) is 0 Å². The second-order valence-corrected chi connectivity index (χ2v) is 5.91. The van der Waals surface area contributed by atoms with Crippen LogP contribution in [-0.4, -0.2) is 22.4 Å². The van der Waals surface area contributed by atoms with E-state index in [9.17, 15) is 0 Å². The molecule has 0 saturated carbocycles. The van der Waals surface area contributed by atoms with E-state index in [4.69, 9.17) is 9.72 Å². The topological polar surface area (TPSA) is 27.1 Å². The maximum atomic E-state index is 5.30. The van der Waals surface area contributed by atoms with Crippen molar-refractivity contribution < 1.29 is 4.74 Å². The van der Waals surface area contributed by atoms with Crippen molar-refractivity contribution in [2.45, 2.75) is 11.7 Å². The number of imidazole rings is 1. The molecule has 0 bridgehead atoms. The number of fused-ring (bicyclic) bond motifs is 1. The molecule has 0 fully saturated rings. The van der Waals surface area contributed by atoms with E-state index in [0.717, 1.165) is 34.2 Å². The molecule has 3 nitrogen and oxygen atoms in total. The normalized spacial score (nSPS) is 10.8. The lowest BCUT2D eigenvalue weighted by Crippen LogP contribution is -2.01. The van der Waals surface area contributed by atoms with E-state index in [1.807, 2.05) is 24.3 Å². The number of benzene rings is 2. The molecule has 0 N–H and O–H groups in total. The van der Waals surface area contributed by atoms with Gasteiger partial charge < -0.3 is 9.30 Å². The maximum Gasteiger partial charge on any atom is 0.169 e. The Morgan fingerprint density at radius 2 is 2.05 bits per heavy atom. The highest BCUT2D eigenvalue weighted by Gasteiger charge is 2.12. The quantitative estimate of drug-likeness (QED) is 0.499. The number of nitrogens with zero attached hydrogens (tertiary/aromatic N) is 2. The van der Waals surface area contributed by atoms with Crippen molar-refractivity contribution in [3.05, 3.63) is 66.7 Å².